The molecule has 4 fully saturated rings. The van der Waals surface area contributed by atoms with Crippen LogP contribution in [0.5, 0.6) is 0 Å². The zero-order valence-electron chi connectivity index (χ0n) is 23.9. The Morgan fingerprint density at radius 1 is 1.18 bits per heavy atom. The second kappa shape index (κ2) is 9.22. The molecule has 0 radical (unpaired) electrons. The Labute approximate surface area is 233 Å². The number of rotatable bonds is 3. The van der Waals surface area contributed by atoms with Gasteiger partial charge >= 0.3 is 6.09 Å². The average Bonchev–Trinajstić information content (AvgIpc) is 3.54. The summed E-state index contributed by atoms with van der Waals surface area (Å²) in [5, 5.41) is 0.774. The molecule has 1 spiro atoms. The van der Waals surface area contributed by atoms with Gasteiger partial charge in [-0.25, -0.2) is 23.5 Å². The molecule has 0 unspecified atom stereocenters. The van der Waals surface area contributed by atoms with Gasteiger partial charge in [-0.2, -0.15) is 0 Å². The number of carbonyl (C=O) groups is 1. The number of hydrogen-bond donors (Lipinski definition) is 1. The first-order valence-electron chi connectivity index (χ1n) is 14.2. The van der Waals surface area contributed by atoms with E-state index < -0.39 is 22.8 Å². The summed E-state index contributed by atoms with van der Waals surface area (Å²) in [5.74, 6) is -3.18. The topological polar surface area (TPSA) is 108 Å². The van der Waals surface area contributed by atoms with Crippen molar-refractivity contribution >= 4 is 22.9 Å². The molecule has 2 aromatic heterocycles. The fourth-order valence-electron chi connectivity index (χ4n) is 7.33. The molecule has 40 heavy (non-hydrogen) atoms. The summed E-state index contributed by atoms with van der Waals surface area (Å²) in [6.07, 6.45) is 3.97. The van der Waals surface area contributed by atoms with Crippen LogP contribution in [0.1, 0.15) is 66.3 Å². The Hall–Kier alpha value is -2.57. The van der Waals surface area contributed by atoms with Crippen molar-refractivity contribution in [2.75, 3.05) is 31.9 Å². The van der Waals surface area contributed by atoms with Gasteiger partial charge in [-0.05, 0) is 59.9 Å². The predicted molar refractivity (Wildman–Crippen MR) is 144 cm³/mol. The first-order chi connectivity index (χ1) is 18.7. The van der Waals surface area contributed by atoms with Crippen LogP contribution in [0.4, 0.5) is 19.4 Å². The molecule has 4 aliphatic rings. The SMILES string of the molecule is CC(C)(C)OC(=O)N1CCC2(CC1)CC(F)(F)CN2C[C@H]1C[C@@H](n2ccc3c(N)ncnc32)[C@@H]2OC(C)(C)O[C@H]12. The van der Waals surface area contributed by atoms with E-state index in [4.69, 9.17) is 19.9 Å². The number of likely N-dealkylation sites (tertiary alicyclic amines) is 2. The summed E-state index contributed by atoms with van der Waals surface area (Å²) < 4.78 is 50.5. The summed E-state index contributed by atoms with van der Waals surface area (Å²) in [5.41, 5.74) is 5.54. The van der Waals surface area contributed by atoms with E-state index in [9.17, 15) is 4.79 Å². The van der Waals surface area contributed by atoms with Crippen molar-refractivity contribution in [3.05, 3.63) is 18.6 Å². The van der Waals surface area contributed by atoms with Crippen LogP contribution in [0.15, 0.2) is 18.6 Å². The largest absolute Gasteiger partial charge is 0.444 e. The molecule has 1 aliphatic carbocycles. The lowest BCUT2D eigenvalue weighted by molar-refractivity contribution is -0.161. The number of hydrogen-bond acceptors (Lipinski definition) is 8. The van der Waals surface area contributed by atoms with Crippen LogP contribution in [0.2, 0.25) is 0 Å². The molecule has 10 nitrogen and oxygen atoms in total. The van der Waals surface area contributed by atoms with Crippen molar-refractivity contribution in [1.82, 2.24) is 24.3 Å². The van der Waals surface area contributed by atoms with Crippen LogP contribution >= 0.6 is 0 Å². The van der Waals surface area contributed by atoms with Gasteiger partial charge < -0.3 is 29.4 Å². The van der Waals surface area contributed by atoms with Gasteiger partial charge in [0.1, 0.15) is 29.5 Å². The van der Waals surface area contributed by atoms with Crippen molar-refractivity contribution in [3.63, 3.8) is 0 Å². The van der Waals surface area contributed by atoms with Crippen LogP contribution in [-0.2, 0) is 14.2 Å². The molecule has 0 bridgehead atoms. The highest BCUT2D eigenvalue weighted by molar-refractivity contribution is 5.86. The van der Waals surface area contributed by atoms with E-state index in [1.807, 2.05) is 51.8 Å². The first kappa shape index (κ1) is 27.6. The third-order valence-electron chi connectivity index (χ3n) is 8.93. The molecule has 3 saturated heterocycles. The molecule has 1 saturated carbocycles. The van der Waals surface area contributed by atoms with Crippen molar-refractivity contribution in [1.29, 1.82) is 0 Å². The number of nitrogens with two attached hydrogens (primary N) is 1. The van der Waals surface area contributed by atoms with Gasteiger partial charge in [0, 0.05) is 43.7 Å². The molecule has 4 atom stereocenters. The standard InChI is InChI=1S/C28H40F2N6O4/c1-25(2,3)40-24(37)34-10-7-27(8-11-34)14-28(29,30)15-35(27)13-17-12-19(21-20(17)38-26(4,5)39-21)36-9-6-18-22(31)32-16-33-23(18)36/h6,9,16-17,19-21H,7-8,10-15H2,1-5H3,(H2,31,32,33)/t17-,19-,20-,21+/m1/s1. The van der Waals surface area contributed by atoms with Gasteiger partial charge in [0.2, 0.25) is 0 Å². The van der Waals surface area contributed by atoms with Crippen LogP contribution in [0.3, 0.4) is 0 Å². The van der Waals surface area contributed by atoms with E-state index in [-0.39, 0.29) is 43.2 Å². The molecule has 3 aliphatic heterocycles. The summed E-state index contributed by atoms with van der Waals surface area (Å²) in [4.78, 5) is 24.9. The van der Waals surface area contributed by atoms with Gasteiger partial charge in [-0.1, -0.05) is 0 Å². The summed E-state index contributed by atoms with van der Waals surface area (Å²) >= 11 is 0. The lowest BCUT2D eigenvalue weighted by atomic mass is 9.83. The summed E-state index contributed by atoms with van der Waals surface area (Å²) in [7, 11) is 0. The number of nitrogens with zero attached hydrogens (tertiary/aromatic N) is 5. The van der Waals surface area contributed by atoms with Gasteiger partial charge in [0.05, 0.1) is 24.1 Å². The van der Waals surface area contributed by atoms with E-state index in [0.717, 1.165) is 11.0 Å². The van der Waals surface area contributed by atoms with E-state index in [1.54, 1.807) is 4.90 Å². The number of piperidine rings is 1. The maximum Gasteiger partial charge on any atom is 0.410 e. The van der Waals surface area contributed by atoms with Crippen LogP contribution in [-0.4, -0.2) is 91.7 Å². The van der Waals surface area contributed by atoms with Gasteiger partial charge in [-0.3, -0.25) is 4.90 Å². The molecule has 12 heteroatoms. The number of anilines is 1. The maximum atomic E-state index is 15.0. The molecule has 6 rings (SSSR count). The predicted octanol–water partition coefficient (Wildman–Crippen LogP) is 4.21. The van der Waals surface area contributed by atoms with E-state index >= 15 is 8.78 Å². The zero-order valence-corrected chi connectivity index (χ0v) is 23.9. The van der Waals surface area contributed by atoms with Crippen LogP contribution in [0, 0.1) is 5.92 Å². The molecule has 1 amide bonds. The van der Waals surface area contributed by atoms with Gasteiger partial charge in [0.25, 0.3) is 5.92 Å². The number of carbonyl (C=O) groups excluding carboxylic acids is 1. The number of fused-ring (bicyclic) bond motifs is 2. The minimum absolute atomic E-state index is 0.0249. The van der Waals surface area contributed by atoms with Gasteiger partial charge in [-0.15, -0.1) is 0 Å². The fourth-order valence-corrected chi connectivity index (χ4v) is 7.33. The quantitative estimate of drug-likeness (QED) is 0.593. The summed E-state index contributed by atoms with van der Waals surface area (Å²) in [6.45, 7) is 10.2. The second-order valence-corrected chi connectivity index (χ2v) is 13.5. The number of halogens is 2. The van der Waals surface area contributed by atoms with Crippen molar-refractivity contribution in [3.8, 4) is 0 Å². The molecule has 220 valence electrons. The minimum Gasteiger partial charge on any atom is -0.444 e. The highest BCUT2D eigenvalue weighted by Crippen LogP contribution is 2.51. The lowest BCUT2D eigenvalue weighted by Gasteiger charge is -2.45. The average molecular weight is 563 g/mol. The zero-order chi connectivity index (χ0) is 28.7. The third-order valence-corrected chi connectivity index (χ3v) is 8.93. The maximum absolute atomic E-state index is 15.0. The van der Waals surface area contributed by atoms with Crippen LogP contribution in [0.25, 0.3) is 11.0 Å². The van der Waals surface area contributed by atoms with E-state index in [2.05, 4.69) is 14.5 Å². The lowest BCUT2D eigenvalue weighted by Crippen LogP contribution is -2.55. The second-order valence-electron chi connectivity index (χ2n) is 13.5. The molecule has 5 heterocycles. The Balaban J connectivity index is 1.23. The Morgan fingerprint density at radius 3 is 2.58 bits per heavy atom. The minimum atomic E-state index is -2.79. The molecular formula is C28H40F2N6O4. The van der Waals surface area contributed by atoms with Crippen LogP contribution < -0.4 is 5.73 Å². The first-order valence-corrected chi connectivity index (χ1v) is 14.2. The number of alkyl halides is 2. The third kappa shape index (κ3) is 4.92. The van der Waals surface area contributed by atoms with Gasteiger partial charge in [0.15, 0.2) is 5.79 Å². The van der Waals surface area contributed by atoms with Crippen molar-refractivity contribution < 1.29 is 27.8 Å². The number of aromatic nitrogens is 3. The monoisotopic (exact) mass is 562 g/mol. The number of amides is 1. The van der Waals surface area contributed by atoms with Crippen molar-refractivity contribution in [2.45, 2.75) is 101 Å². The van der Waals surface area contributed by atoms with E-state index in [0.29, 0.717) is 44.7 Å². The molecule has 2 aromatic rings. The fraction of sp³-hybridized carbons (Fsp3) is 0.750. The molecular weight excluding hydrogens is 522 g/mol. The highest BCUT2D eigenvalue weighted by atomic mass is 19.3. The number of ether oxygens (including phenoxy) is 3. The smallest absolute Gasteiger partial charge is 0.410 e. The number of nitrogen functional groups attached to an aromatic ring is 1. The Morgan fingerprint density at radius 2 is 1.88 bits per heavy atom. The Bertz CT molecular complexity index is 1290. The van der Waals surface area contributed by atoms with Crippen molar-refractivity contribution in [2.24, 2.45) is 5.92 Å². The summed E-state index contributed by atoms with van der Waals surface area (Å²) in [6, 6.07) is 1.82. The van der Waals surface area contributed by atoms with E-state index in [1.165, 1.54) is 6.33 Å². The molecule has 0 aromatic carbocycles. The highest BCUT2D eigenvalue weighted by Gasteiger charge is 2.59. The normalized spacial score (nSPS) is 31.2. The molecule has 2 N–H and O–H groups in total. The Kier molecular flexibility index (Phi) is 6.36.